The molecule has 0 radical (unpaired) electrons. The van der Waals surface area contributed by atoms with Crippen LogP contribution >= 0.6 is 23.2 Å². The van der Waals surface area contributed by atoms with Crippen molar-refractivity contribution in [1.29, 1.82) is 0 Å². The van der Waals surface area contributed by atoms with Crippen LogP contribution in [0.2, 0.25) is 10.0 Å². The number of urea groups is 1. The van der Waals surface area contributed by atoms with Gasteiger partial charge in [-0.2, -0.15) is 0 Å². The van der Waals surface area contributed by atoms with E-state index in [4.69, 9.17) is 37.4 Å². The molecule has 0 saturated carbocycles. The van der Waals surface area contributed by atoms with Crippen LogP contribution in [0.1, 0.15) is 0 Å². The lowest BCUT2D eigenvalue weighted by molar-refractivity contribution is -0.111. The number of nitrogens with one attached hydrogen (secondary N) is 3. The largest absolute Gasteiger partial charge is 0.495 e. The Morgan fingerprint density at radius 3 is 2.29 bits per heavy atom. The molecule has 0 bridgehead atoms. The van der Waals surface area contributed by atoms with Crippen LogP contribution in [0.4, 0.5) is 39.2 Å². The highest BCUT2D eigenvalue weighted by atomic mass is 35.5. The second-order valence-electron chi connectivity index (χ2n) is 8.68. The number of halogens is 2. The van der Waals surface area contributed by atoms with Crippen molar-refractivity contribution < 1.29 is 23.8 Å². The van der Waals surface area contributed by atoms with Gasteiger partial charge in [-0.25, -0.2) is 14.8 Å². The van der Waals surface area contributed by atoms with Gasteiger partial charge in [-0.1, -0.05) is 29.8 Å². The molecule has 12 nitrogen and oxygen atoms in total. The molecule has 41 heavy (non-hydrogen) atoms. The van der Waals surface area contributed by atoms with Crippen LogP contribution in [0, 0.1) is 0 Å². The first-order valence-electron chi connectivity index (χ1n) is 12.4. The minimum Gasteiger partial charge on any atom is -0.495 e. The molecule has 0 aliphatic carbocycles. The average Bonchev–Trinajstić information content (AvgIpc) is 2.98. The van der Waals surface area contributed by atoms with Crippen molar-refractivity contribution in [2.24, 2.45) is 0 Å². The van der Waals surface area contributed by atoms with E-state index in [1.54, 1.807) is 0 Å². The van der Waals surface area contributed by atoms with Crippen LogP contribution in [0.5, 0.6) is 11.5 Å². The van der Waals surface area contributed by atoms with Crippen molar-refractivity contribution >= 4 is 69.5 Å². The number of amides is 3. The Bertz CT molecular complexity index is 1420. The van der Waals surface area contributed by atoms with Gasteiger partial charge in [0.1, 0.15) is 39.5 Å². The maximum Gasteiger partial charge on any atom is 0.327 e. The van der Waals surface area contributed by atoms with E-state index >= 15 is 0 Å². The van der Waals surface area contributed by atoms with Gasteiger partial charge in [0, 0.05) is 38.0 Å². The highest BCUT2D eigenvalue weighted by molar-refractivity contribution is 6.42. The number of nitrogens with zero attached hydrogens (tertiary/aromatic N) is 4. The van der Waals surface area contributed by atoms with Gasteiger partial charge in [-0.15, -0.1) is 0 Å². The van der Waals surface area contributed by atoms with Crippen molar-refractivity contribution in [1.82, 2.24) is 9.97 Å². The number of benzene rings is 2. The molecule has 1 aromatic heterocycles. The van der Waals surface area contributed by atoms with Gasteiger partial charge in [0.25, 0.3) is 0 Å². The SMILES string of the molecule is C=CC(=O)Nc1cc(N2CCOCC2)ccc1Nc1cc(NC(=O)N(C)c2c(Cl)c(OC)cc(OC)c2Cl)ncn1. The zero-order valence-corrected chi connectivity index (χ0v) is 24.2. The Kier molecular flexibility index (Phi) is 9.71. The molecule has 3 amide bonds. The number of carbonyl (C=O) groups excluding carboxylic acids is 2. The fourth-order valence-electron chi connectivity index (χ4n) is 4.04. The number of rotatable bonds is 9. The molecule has 2 aromatic carbocycles. The standard InChI is InChI=1S/C27H29Cl2N7O5/c1-5-23(37)33-18-12-16(36-8-10-41-11-9-36)6-7-17(18)32-21-14-22(31-15-30-21)34-27(38)35(2)26-24(28)19(39-3)13-20(40-4)25(26)29/h5-7,12-15H,1,8-11H2,2-4H3,(H,33,37)(H2,30,31,32,34,38). The predicted molar refractivity (Wildman–Crippen MR) is 161 cm³/mol. The number of methoxy groups -OCH3 is 2. The van der Waals surface area contributed by atoms with E-state index in [0.717, 1.165) is 18.8 Å². The van der Waals surface area contributed by atoms with Crippen LogP contribution < -0.4 is 35.2 Å². The lowest BCUT2D eigenvalue weighted by Crippen LogP contribution is -2.36. The fraction of sp³-hybridized carbons (Fsp3) is 0.259. The lowest BCUT2D eigenvalue weighted by Gasteiger charge is -2.29. The van der Waals surface area contributed by atoms with Crippen LogP contribution in [-0.2, 0) is 9.53 Å². The Balaban J connectivity index is 1.55. The monoisotopic (exact) mass is 601 g/mol. The topological polar surface area (TPSA) is 130 Å². The Morgan fingerprint density at radius 2 is 1.66 bits per heavy atom. The Hall–Kier alpha value is -4.26. The highest BCUT2D eigenvalue weighted by Crippen LogP contribution is 2.45. The molecule has 1 aliphatic heterocycles. The third-order valence-electron chi connectivity index (χ3n) is 6.18. The molecule has 4 rings (SSSR count). The summed E-state index contributed by atoms with van der Waals surface area (Å²) in [6.45, 7) is 6.27. The number of hydrogen-bond donors (Lipinski definition) is 3. The highest BCUT2D eigenvalue weighted by Gasteiger charge is 2.24. The molecule has 1 saturated heterocycles. The summed E-state index contributed by atoms with van der Waals surface area (Å²) in [7, 11) is 4.38. The van der Waals surface area contributed by atoms with Gasteiger partial charge in [0.2, 0.25) is 5.91 Å². The number of ether oxygens (including phenoxy) is 3. The summed E-state index contributed by atoms with van der Waals surface area (Å²) in [5, 5.41) is 8.97. The number of carbonyl (C=O) groups is 2. The zero-order valence-electron chi connectivity index (χ0n) is 22.7. The van der Waals surface area contributed by atoms with Gasteiger partial charge in [0.15, 0.2) is 0 Å². The molecule has 3 N–H and O–H groups in total. The first kappa shape index (κ1) is 29.7. The molecule has 1 aliphatic rings. The van der Waals surface area contributed by atoms with Crippen molar-refractivity contribution in [3.05, 3.63) is 59.4 Å². The van der Waals surface area contributed by atoms with Crippen molar-refractivity contribution in [3.63, 3.8) is 0 Å². The molecule has 14 heteroatoms. The number of morpholine rings is 1. The smallest absolute Gasteiger partial charge is 0.327 e. The van der Waals surface area contributed by atoms with E-state index in [2.05, 4.69) is 37.4 Å². The molecule has 1 fully saturated rings. The molecular weight excluding hydrogens is 573 g/mol. The molecule has 216 valence electrons. The normalized spacial score (nSPS) is 12.8. The number of hydrogen-bond acceptors (Lipinski definition) is 9. The van der Waals surface area contributed by atoms with Crippen molar-refractivity contribution in [3.8, 4) is 11.5 Å². The van der Waals surface area contributed by atoms with E-state index in [0.29, 0.717) is 30.4 Å². The van der Waals surface area contributed by atoms with E-state index in [1.165, 1.54) is 50.7 Å². The Morgan fingerprint density at radius 1 is 1.00 bits per heavy atom. The van der Waals surface area contributed by atoms with E-state index in [1.807, 2.05) is 18.2 Å². The average molecular weight is 602 g/mol. The van der Waals surface area contributed by atoms with Gasteiger partial charge >= 0.3 is 6.03 Å². The summed E-state index contributed by atoms with van der Waals surface area (Å²) in [4.78, 5) is 37.1. The Labute approximate surface area is 247 Å². The van der Waals surface area contributed by atoms with Gasteiger partial charge in [-0.05, 0) is 24.3 Å². The van der Waals surface area contributed by atoms with Crippen LogP contribution in [0.3, 0.4) is 0 Å². The summed E-state index contributed by atoms with van der Waals surface area (Å²) < 4.78 is 16.0. The summed E-state index contributed by atoms with van der Waals surface area (Å²) >= 11 is 12.9. The quantitative estimate of drug-likeness (QED) is 0.284. The summed E-state index contributed by atoms with van der Waals surface area (Å²) in [5.41, 5.74) is 2.23. The van der Waals surface area contributed by atoms with E-state index < -0.39 is 6.03 Å². The van der Waals surface area contributed by atoms with E-state index in [-0.39, 0.29) is 39.0 Å². The van der Waals surface area contributed by atoms with Gasteiger partial charge in [0.05, 0.1) is 44.5 Å². The molecule has 0 unspecified atom stereocenters. The number of anilines is 6. The molecule has 0 spiro atoms. The second kappa shape index (κ2) is 13.4. The van der Waals surface area contributed by atoms with Crippen molar-refractivity contribution in [2.75, 3.05) is 73.3 Å². The predicted octanol–water partition coefficient (Wildman–Crippen LogP) is 5.17. The fourth-order valence-corrected chi connectivity index (χ4v) is 4.80. The maximum absolute atomic E-state index is 13.1. The van der Waals surface area contributed by atoms with Crippen LogP contribution in [0.15, 0.2) is 49.3 Å². The molecular formula is C27H29Cl2N7O5. The van der Waals surface area contributed by atoms with Crippen LogP contribution in [-0.4, -0.2) is 69.5 Å². The van der Waals surface area contributed by atoms with E-state index in [9.17, 15) is 9.59 Å². The first-order chi connectivity index (χ1) is 19.7. The second-order valence-corrected chi connectivity index (χ2v) is 9.44. The van der Waals surface area contributed by atoms with Crippen LogP contribution in [0.25, 0.3) is 0 Å². The first-order valence-corrected chi connectivity index (χ1v) is 13.1. The number of aromatic nitrogens is 2. The van der Waals surface area contributed by atoms with Gasteiger partial charge < -0.3 is 29.7 Å². The minimum atomic E-state index is -0.581. The lowest BCUT2D eigenvalue weighted by atomic mass is 10.2. The summed E-state index contributed by atoms with van der Waals surface area (Å²) in [5.74, 6) is 0.774. The summed E-state index contributed by atoms with van der Waals surface area (Å²) in [6, 6.07) is 8.12. The summed E-state index contributed by atoms with van der Waals surface area (Å²) in [6.07, 6.45) is 2.48. The molecule has 3 aromatic rings. The zero-order chi connectivity index (χ0) is 29.5. The third-order valence-corrected chi connectivity index (χ3v) is 6.91. The van der Waals surface area contributed by atoms with Crippen molar-refractivity contribution in [2.45, 2.75) is 0 Å². The minimum absolute atomic E-state index is 0.135. The molecule has 2 heterocycles. The van der Waals surface area contributed by atoms with Gasteiger partial charge in [-0.3, -0.25) is 15.0 Å². The maximum atomic E-state index is 13.1. The third kappa shape index (κ3) is 6.91. The molecule has 0 atom stereocenters.